The van der Waals surface area contributed by atoms with Crippen LogP contribution in [0.15, 0.2) is 29.8 Å². The SMILES string of the molecule is CC(C)=CCCCC1CCc2cc([C@H]3CC[C@]4(COC(=O)N4)C3)ccc2C1. The van der Waals surface area contributed by atoms with Crippen LogP contribution in [0, 0.1) is 5.92 Å². The van der Waals surface area contributed by atoms with Crippen LogP contribution in [-0.2, 0) is 17.6 Å². The summed E-state index contributed by atoms with van der Waals surface area (Å²) in [5.41, 5.74) is 5.94. The number of fused-ring (bicyclic) bond motifs is 1. The maximum atomic E-state index is 11.5. The summed E-state index contributed by atoms with van der Waals surface area (Å²) in [5.74, 6) is 1.41. The average Bonchev–Trinajstić information content (AvgIpc) is 3.24. The molecule has 1 N–H and O–H groups in total. The fourth-order valence-electron chi connectivity index (χ4n) is 5.30. The Morgan fingerprint density at radius 1 is 1.30 bits per heavy atom. The lowest BCUT2D eigenvalue weighted by Crippen LogP contribution is -2.40. The van der Waals surface area contributed by atoms with Crippen LogP contribution in [0.2, 0.25) is 0 Å². The van der Waals surface area contributed by atoms with Crippen molar-refractivity contribution in [1.29, 1.82) is 0 Å². The van der Waals surface area contributed by atoms with Crippen molar-refractivity contribution in [2.45, 2.75) is 83.1 Å². The van der Waals surface area contributed by atoms with E-state index in [1.165, 1.54) is 49.7 Å². The highest BCUT2D eigenvalue weighted by atomic mass is 16.6. The molecule has 0 bridgehead atoms. The van der Waals surface area contributed by atoms with Crippen molar-refractivity contribution in [3.05, 3.63) is 46.5 Å². The summed E-state index contributed by atoms with van der Waals surface area (Å²) >= 11 is 0. The third-order valence-electron chi connectivity index (χ3n) is 6.86. The lowest BCUT2D eigenvalue weighted by Gasteiger charge is -2.26. The maximum absolute atomic E-state index is 11.5. The Morgan fingerprint density at radius 3 is 2.96 bits per heavy atom. The number of hydrogen-bond acceptors (Lipinski definition) is 2. The molecule has 1 saturated heterocycles. The molecule has 3 heteroatoms. The van der Waals surface area contributed by atoms with E-state index in [2.05, 4.69) is 43.4 Å². The fraction of sp³-hybridized carbons (Fsp3) is 0.625. The minimum absolute atomic E-state index is 0.103. The quantitative estimate of drug-likeness (QED) is 0.537. The molecule has 1 heterocycles. The Labute approximate surface area is 163 Å². The highest BCUT2D eigenvalue weighted by molar-refractivity contribution is 5.70. The maximum Gasteiger partial charge on any atom is 0.407 e. The van der Waals surface area contributed by atoms with E-state index in [0.717, 1.165) is 25.2 Å². The molecule has 2 aliphatic carbocycles. The molecule has 1 aromatic carbocycles. The van der Waals surface area contributed by atoms with Crippen LogP contribution < -0.4 is 5.32 Å². The number of nitrogens with one attached hydrogen (secondary N) is 1. The molecule has 0 radical (unpaired) electrons. The predicted molar refractivity (Wildman–Crippen MR) is 109 cm³/mol. The second kappa shape index (κ2) is 7.69. The topological polar surface area (TPSA) is 38.3 Å². The van der Waals surface area contributed by atoms with Crippen molar-refractivity contribution in [3.8, 4) is 0 Å². The van der Waals surface area contributed by atoms with Crippen molar-refractivity contribution >= 4 is 6.09 Å². The normalized spacial score (nSPS) is 29.3. The molecule has 146 valence electrons. The molecule has 3 aliphatic rings. The van der Waals surface area contributed by atoms with Crippen LogP contribution in [0.1, 0.15) is 81.4 Å². The molecule has 2 fully saturated rings. The number of hydrogen-bond donors (Lipinski definition) is 1. The number of aryl methyl sites for hydroxylation is 1. The molecule has 3 atom stereocenters. The predicted octanol–water partition coefficient (Wildman–Crippen LogP) is 5.67. The summed E-state index contributed by atoms with van der Waals surface area (Å²) < 4.78 is 5.18. The number of rotatable bonds is 5. The van der Waals surface area contributed by atoms with Gasteiger partial charge in [0.1, 0.15) is 6.61 Å². The standard InChI is InChI=1S/C24H33NO2/c1-17(2)5-3-4-6-18-7-8-20-14-21(10-9-19(20)13-18)22-11-12-24(15-22)16-27-23(26)25-24/h5,9-10,14,18,22H,3-4,6-8,11-13,15-16H2,1-2H3,(H,25,26)/t18?,22-,24+/m0/s1. The number of ether oxygens (including phenoxy) is 1. The summed E-state index contributed by atoms with van der Waals surface area (Å²) in [5, 5.41) is 3.06. The first-order valence-corrected chi connectivity index (χ1v) is 10.7. The van der Waals surface area contributed by atoms with E-state index in [4.69, 9.17) is 4.74 Å². The van der Waals surface area contributed by atoms with Gasteiger partial charge in [-0.05, 0) is 100 Å². The van der Waals surface area contributed by atoms with Gasteiger partial charge in [0.15, 0.2) is 0 Å². The zero-order valence-corrected chi connectivity index (χ0v) is 16.9. The van der Waals surface area contributed by atoms with E-state index in [0.29, 0.717) is 12.5 Å². The molecule has 3 nitrogen and oxygen atoms in total. The van der Waals surface area contributed by atoms with E-state index in [-0.39, 0.29) is 11.6 Å². The Morgan fingerprint density at radius 2 is 2.19 bits per heavy atom. The number of allylic oxidation sites excluding steroid dienone is 2. The van der Waals surface area contributed by atoms with Crippen LogP contribution >= 0.6 is 0 Å². The largest absolute Gasteiger partial charge is 0.447 e. The molecular weight excluding hydrogens is 334 g/mol. The average molecular weight is 368 g/mol. The zero-order valence-electron chi connectivity index (χ0n) is 16.9. The number of amides is 1. The van der Waals surface area contributed by atoms with Gasteiger partial charge in [-0.25, -0.2) is 4.79 Å². The summed E-state index contributed by atoms with van der Waals surface area (Å²) in [7, 11) is 0. The Bertz CT molecular complexity index is 734. The fourth-order valence-corrected chi connectivity index (χ4v) is 5.30. The zero-order chi connectivity index (χ0) is 18.9. The number of unbranched alkanes of at least 4 members (excludes halogenated alkanes) is 1. The second-order valence-electron chi connectivity index (χ2n) is 9.27. The minimum atomic E-state index is -0.239. The molecule has 1 spiro atoms. The first kappa shape index (κ1) is 18.6. The number of cyclic esters (lactones) is 1. The van der Waals surface area contributed by atoms with E-state index < -0.39 is 0 Å². The molecule has 0 aromatic heterocycles. The smallest absolute Gasteiger partial charge is 0.407 e. The summed E-state index contributed by atoms with van der Waals surface area (Å²) in [6, 6.07) is 7.21. The molecule has 1 aliphatic heterocycles. The molecular formula is C24H33NO2. The molecule has 1 aromatic rings. The van der Waals surface area contributed by atoms with Crippen molar-refractivity contribution in [1.82, 2.24) is 5.32 Å². The van der Waals surface area contributed by atoms with E-state index >= 15 is 0 Å². The third kappa shape index (κ3) is 4.23. The lowest BCUT2D eigenvalue weighted by atomic mass is 9.79. The van der Waals surface area contributed by atoms with Gasteiger partial charge in [0, 0.05) is 0 Å². The van der Waals surface area contributed by atoms with Gasteiger partial charge in [0.2, 0.25) is 0 Å². The van der Waals surface area contributed by atoms with Gasteiger partial charge in [-0.2, -0.15) is 0 Å². The van der Waals surface area contributed by atoms with Crippen molar-refractivity contribution < 1.29 is 9.53 Å². The van der Waals surface area contributed by atoms with Gasteiger partial charge in [0.05, 0.1) is 5.54 Å². The van der Waals surface area contributed by atoms with Crippen molar-refractivity contribution in [3.63, 3.8) is 0 Å². The molecule has 27 heavy (non-hydrogen) atoms. The van der Waals surface area contributed by atoms with Crippen molar-refractivity contribution in [2.75, 3.05) is 6.61 Å². The Kier molecular flexibility index (Phi) is 5.29. The Hall–Kier alpha value is -1.77. The van der Waals surface area contributed by atoms with Gasteiger partial charge >= 0.3 is 6.09 Å². The monoisotopic (exact) mass is 367 g/mol. The van der Waals surface area contributed by atoms with E-state index in [9.17, 15) is 4.79 Å². The van der Waals surface area contributed by atoms with Gasteiger partial charge in [-0.15, -0.1) is 0 Å². The van der Waals surface area contributed by atoms with Gasteiger partial charge in [-0.3, -0.25) is 0 Å². The number of carbonyl (C=O) groups excluding carboxylic acids is 1. The van der Waals surface area contributed by atoms with Crippen LogP contribution in [0.3, 0.4) is 0 Å². The van der Waals surface area contributed by atoms with E-state index in [1.54, 1.807) is 11.1 Å². The van der Waals surface area contributed by atoms with Crippen LogP contribution in [0.25, 0.3) is 0 Å². The number of carbonyl (C=O) groups is 1. The summed E-state index contributed by atoms with van der Waals surface area (Å²) in [6.07, 6.45) is 13.1. The molecule has 1 unspecified atom stereocenters. The van der Waals surface area contributed by atoms with Crippen LogP contribution in [-0.4, -0.2) is 18.2 Å². The minimum Gasteiger partial charge on any atom is -0.447 e. The molecule has 4 rings (SSSR count). The summed E-state index contributed by atoms with van der Waals surface area (Å²) in [6.45, 7) is 4.92. The van der Waals surface area contributed by atoms with Gasteiger partial charge < -0.3 is 10.1 Å². The third-order valence-corrected chi connectivity index (χ3v) is 6.86. The van der Waals surface area contributed by atoms with Crippen LogP contribution in [0.5, 0.6) is 0 Å². The first-order valence-electron chi connectivity index (χ1n) is 10.7. The highest BCUT2D eigenvalue weighted by Crippen LogP contribution is 2.43. The van der Waals surface area contributed by atoms with E-state index in [1.807, 2.05) is 0 Å². The molecule has 1 saturated carbocycles. The molecule has 1 amide bonds. The van der Waals surface area contributed by atoms with Gasteiger partial charge in [0.25, 0.3) is 0 Å². The first-order chi connectivity index (χ1) is 13.0. The highest BCUT2D eigenvalue weighted by Gasteiger charge is 2.46. The van der Waals surface area contributed by atoms with Crippen molar-refractivity contribution in [2.24, 2.45) is 5.92 Å². The number of benzene rings is 1. The van der Waals surface area contributed by atoms with Crippen LogP contribution in [0.4, 0.5) is 4.79 Å². The lowest BCUT2D eigenvalue weighted by molar-refractivity contribution is 0.172. The Balaban J connectivity index is 1.35. The summed E-state index contributed by atoms with van der Waals surface area (Å²) in [4.78, 5) is 11.5. The number of alkyl carbamates (subject to hydrolysis) is 1. The van der Waals surface area contributed by atoms with Gasteiger partial charge in [-0.1, -0.05) is 29.8 Å². The second-order valence-corrected chi connectivity index (χ2v) is 9.27.